The van der Waals surface area contributed by atoms with E-state index >= 15 is 0 Å². The summed E-state index contributed by atoms with van der Waals surface area (Å²) >= 11 is 1.61. The minimum atomic E-state index is 0.458. The Morgan fingerprint density at radius 1 is 1.29 bits per heavy atom. The molecule has 1 N–H and O–H groups in total. The van der Waals surface area contributed by atoms with E-state index in [9.17, 15) is 0 Å². The zero-order valence-electron chi connectivity index (χ0n) is 10.2. The Morgan fingerprint density at radius 3 is 2.71 bits per heavy atom. The van der Waals surface area contributed by atoms with Crippen LogP contribution in [-0.4, -0.2) is 12.1 Å². The van der Waals surface area contributed by atoms with Crippen LogP contribution in [0.3, 0.4) is 0 Å². The van der Waals surface area contributed by atoms with Crippen LogP contribution in [-0.2, 0) is 0 Å². The fourth-order valence-corrected chi connectivity index (χ4v) is 2.36. The van der Waals surface area contributed by atoms with Crippen LogP contribution in [0.2, 0.25) is 0 Å². The van der Waals surface area contributed by atoms with Crippen molar-refractivity contribution >= 4 is 22.2 Å². The average molecular weight is 248 g/mol. The molecule has 3 nitrogen and oxygen atoms in total. The van der Waals surface area contributed by atoms with Crippen LogP contribution in [0, 0.1) is 0 Å². The highest BCUT2D eigenvalue weighted by atomic mass is 32.1. The summed E-state index contributed by atoms with van der Waals surface area (Å²) in [6, 6.07) is 7.84. The zero-order chi connectivity index (χ0) is 12.3. The number of hydrogen-bond acceptors (Lipinski definition) is 4. The number of hydrogen-bond donors (Lipinski definition) is 1. The largest absolute Gasteiger partial charge is 0.495 e. The Labute approximate surface area is 105 Å². The van der Waals surface area contributed by atoms with E-state index in [1.165, 1.54) is 0 Å². The van der Waals surface area contributed by atoms with Crippen molar-refractivity contribution in [2.24, 2.45) is 0 Å². The van der Waals surface area contributed by atoms with E-state index in [0.717, 1.165) is 22.3 Å². The molecule has 0 fully saturated rings. The van der Waals surface area contributed by atoms with Crippen LogP contribution in [0.5, 0.6) is 5.75 Å². The molecular weight excluding hydrogens is 232 g/mol. The highest BCUT2D eigenvalue weighted by molar-refractivity contribution is 7.13. The fraction of sp³-hybridized carbons (Fsp3) is 0.308. The molecule has 0 aliphatic heterocycles. The Bertz CT molecular complexity index is 494. The van der Waals surface area contributed by atoms with Gasteiger partial charge in [-0.1, -0.05) is 26.0 Å². The number of nitrogens with one attached hydrogen (secondary N) is 1. The Morgan fingerprint density at radius 2 is 2.06 bits per heavy atom. The van der Waals surface area contributed by atoms with Crippen LogP contribution in [0.15, 0.2) is 29.6 Å². The first-order chi connectivity index (χ1) is 8.20. The molecule has 0 radical (unpaired) electrons. The Hall–Kier alpha value is -1.55. The average Bonchev–Trinajstić information content (AvgIpc) is 2.78. The molecule has 1 heterocycles. The SMILES string of the molecule is COc1ccccc1Nc1nc(C(C)C)cs1. The number of ether oxygens (including phenoxy) is 1. The second-order valence-electron chi connectivity index (χ2n) is 4.06. The number of benzene rings is 1. The first-order valence-electron chi connectivity index (χ1n) is 5.56. The van der Waals surface area contributed by atoms with Crippen molar-refractivity contribution in [1.82, 2.24) is 4.98 Å². The third-order valence-electron chi connectivity index (χ3n) is 2.46. The molecule has 90 valence electrons. The number of nitrogens with zero attached hydrogens (tertiary/aromatic N) is 1. The van der Waals surface area contributed by atoms with Crippen molar-refractivity contribution < 1.29 is 4.74 Å². The van der Waals surface area contributed by atoms with E-state index in [2.05, 4.69) is 29.5 Å². The van der Waals surface area contributed by atoms with Gasteiger partial charge < -0.3 is 10.1 Å². The van der Waals surface area contributed by atoms with Crippen LogP contribution in [0.4, 0.5) is 10.8 Å². The molecule has 0 saturated heterocycles. The summed E-state index contributed by atoms with van der Waals surface area (Å²) in [6.45, 7) is 4.28. The molecule has 1 aromatic carbocycles. The molecule has 0 atom stereocenters. The second kappa shape index (κ2) is 5.19. The molecule has 0 bridgehead atoms. The van der Waals surface area contributed by atoms with E-state index in [4.69, 9.17) is 4.74 Å². The molecule has 0 unspecified atom stereocenters. The molecule has 0 spiro atoms. The molecule has 0 amide bonds. The molecule has 0 saturated carbocycles. The highest BCUT2D eigenvalue weighted by Gasteiger charge is 2.07. The molecular formula is C13H16N2OS. The summed E-state index contributed by atoms with van der Waals surface area (Å²) in [5.41, 5.74) is 2.06. The van der Waals surface area contributed by atoms with E-state index in [0.29, 0.717) is 5.92 Å². The van der Waals surface area contributed by atoms with Gasteiger partial charge in [0.2, 0.25) is 0 Å². The van der Waals surface area contributed by atoms with E-state index in [-0.39, 0.29) is 0 Å². The predicted octanol–water partition coefficient (Wildman–Crippen LogP) is 4.02. The number of methoxy groups -OCH3 is 1. The lowest BCUT2D eigenvalue weighted by atomic mass is 10.2. The van der Waals surface area contributed by atoms with Gasteiger partial charge in [0.15, 0.2) is 5.13 Å². The lowest BCUT2D eigenvalue weighted by Crippen LogP contribution is -1.94. The van der Waals surface area contributed by atoms with Crippen molar-refractivity contribution in [3.05, 3.63) is 35.3 Å². The lowest BCUT2D eigenvalue weighted by molar-refractivity contribution is 0.417. The number of aromatic nitrogens is 1. The zero-order valence-corrected chi connectivity index (χ0v) is 11.0. The van der Waals surface area contributed by atoms with Crippen LogP contribution in [0.25, 0.3) is 0 Å². The third-order valence-corrected chi connectivity index (χ3v) is 3.24. The van der Waals surface area contributed by atoms with E-state index in [1.54, 1.807) is 18.4 Å². The van der Waals surface area contributed by atoms with Crippen molar-refractivity contribution in [2.75, 3.05) is 12.4 Å². The van der Waals surface area contributed by atoms with Crippen LogP contribution >= 0.6 is 11.3 Å². The van der Waals surface area contributed by atoms with Gasteiger partial charge >= 0.3 is 0 Å². The maximum atomic E-state index is 5.29. The van der Waals surface area contributed by atoms with Gasteiger partial charge in [-0.2, -0.15) is 0 Å². The van der Waals surface area contributed by atoms with Gasteiger partial charge in [-0.15, -0.1) is 11.3 Å². The van der Waals surface area contributed by atoms with Crippen LogP contribution in [0.1, 0.15) is 25.5 Å². The monoisotopic (exact) mass is 248 g/mol. The van der Waals surface area contributed by atoms with Gasteiger partial charge in [0.05, 0.1) is 18.5 Å². The summed E-state index contributed by atoms with van der Waals surface area (Å²) in [4.78, 5) is 4.53. The normalized spacial score (nSPS) is 10.6. The first-order valence-corrected chi connectivity index (χ1v) is 6.44. The van der Waals surface area contributed by atoms with Crippen LogP contribution < -0.4 is 10.1 Å². The van der Waals surface area contributed by atoms with E-state index in [1.807, 2.05) is 24.3 Å². The topological polar surface area (TPSA) is 34.1 Å². The van der Waals surface area contributed by atoms with Crippen molar-refractivity contribution in [3.63, 3.8) is 0 Å². The number of thiazole rings is 1. The smallest absolute Gasteiger partial charge is 0.187 e. The molecule has 2 aromatic rings. The standard InChI is InChI=1S/C13H16N2OS/c1-9(2)11-8-17-13(15-11)14-10-6-4-5-7-12(10)16-3/h4-9H,1-3H3,(H,14,15). The quantitative estimate of drug-likeness (QED) is 0.887. The summed E-state index contributed by atoms with van der Waals surface area (Å²) < 4.78 is 5.29. The molecule has 2 rings (SSSR count). The highest BCUT2D eigenvalue weighted by Crippen LogP contribution is 2.29. The third kappa shape index (κ3) is 2.77. The van der Waals surface area contributed by atoms with Crippen molar-refractivity contribution in [2.45, 2.75) is 19.8 Å². The van der Waals surface area contributed by atoms with Crippen molar-refractivity contribution in [3.8, 4) is 5.75 Å². The Kier molecular flexibility index (Phi) is 3.64. The molecule has 0 aliphatic carbocycles. The summed E-state index contributed by atoms with van der Waals surface area (Å²) in [5, 5.41) is 6.27. The minimum absolute atomic E-state index is 0.458. The molecule has 0 aliphatic rings. The summed E-state index contributed by atoms with van der Waals surface area (Å²) in [7, 11) is 1.67. The number of anilines is 2. The van der Waals surface area contributed by atoms with Crippen molar-refractivity contribution in [1.29, 1.82) is 0 Å². The maximum Gasteiger partial charge on any atom is 0.187 e. The van der Waals surface area contributed by atoms with Gasteiger partial charge in [-0.05, 0) is 18.1 Å². The summed E-state index contributed by atoms with van der Waals surface area (Å²) in [6.07, 6.45) is 0. The maximum absolute atomic E-state index is 5.29. The second-order valence-corrected chi connectivity index (χ2v) is 4.92. The first kappa shape index (κ1) is 11.9. The van der Waals surface area contributed by atoms with Gasteiger partial charge in [0.1, 0.15) is 5.75 Å². The molecule has 4 heteroatoms. The minimum Gasteiger partial charge on any atom is -0.495 e. The molecule has 1 aromatic heterocycles. The Balaban J connectivity index is 2.19. The fourth-order valence-electron chi connectivity index (χ4n) is 1.47. The van der Waals surface area contributed by atoms with E-state index < -0.39 is 0 Å². The van der Waals surface area contributed by atoms with Gasteiger partial charge in [0.25, 0.3) is 0 Å². The number of para-hydroxylation sites is 2. The van der Waals surface area contributed by atoms with Gasteiger partial charge in [-0.25, -0.2) is 4.98 Å². The summed E-state index contributed by atoms with van der Waals surface area (Å²) in [5.74, 6) is 1.29. The van der Waals surface area contributed by atoms with Gasteiger partial charge in [0, 0.05) is 5.38 Å². The number of rotatable bonds is 4. The van der Waals surface area contributed by atoms with Gasteiger partial charge in [-0.3, -0.25) is 0 Å². The lowest BCUT2D eigenvalue weighted by Gasteiger charge is -2.08. The predicted molar refractivity (Wildman–Crippen MR) is 72.5 cm³/mol. The molecule has 17 heavy (non-hydrogen) atoms.